The number of carbonyl (C=O) groups is 1. The summed E-state index contributed by atoms with van der Waals surface area (Å²) < 4.78 is 11.3. The molecule has 0 spiro atoms. The Morgan fingerprint density at radius 1 is 1.04 bits per heavy atom. The quantitative estimate of drug-likeness (QED) is 0.714. The molecule has 4 nitrogen and oxygen atoms in total. The third kappa shape index (κ3) is 4.99. The molecule has 0 saturated heterocycles. The maximum absolute atomic E-state index is 12.3. The van der Waals surface area contributed by atoms with E-state index in [9.17, 15) is 4.79 Å². The number of nitrogens with zero attached hydrogens (tertiary/aromatic N) is 1. The fourth-order valence-electron chi connectivity index (χ4n) is 2.40. The Bertz CT molecular complexity index is 686. The molecule has 0 aromatic heterocycles. The molecule has 0 aliphatic carbocycles. The second kappa shape index (κ2) is 8.73. The Labute approximate surface area is 151 Å². The molecule has 0 saturated carbocycles. The van der Waals surface area contributed by atoms with Gasteiger partial charge in [0.2, 0.25) is 5.91 Å². The maximum Gasteiger partial charge on any atom is 0.222 e. The molecule has 0 fully saturated rings. The molecule has 2 aromatic carbocycles. The zero-order valence-electron chi connectivity index (χ0n) is 14.2. The minimum atomic E-state index is 0.123. The van der Waals surface area contributed by atoms with Gasteiger partial charge in [0, 0.05) is 20.0 Å². The van der Waals surface area contributed by atoms with E-state index >= 15 is 0 Å². The lowest BCUT2D eigenvalue weighted by atomic mass is 10.1. The van der Waals surface area contributed by atoms with Gasteiger partial charge in [0.15, 0.2) is 0 Å². The van der Waals surface area contributed by atoms with E-state index in [4.69, 9.17) is 9.47 Å². The van der Waals surface area contributed by atoms with Crippen LogP contribution in [-0.2, 0) is 17.8 Å². The van der Waals surface area contributed by atoms with Crippen LogP contribution in [0.3, 0.4) is 0 Å². The van der Waals surface area contributed by atoms with E-state index < -0.39 is 0 Å². The van der Waals surface area contributed by atoms with Gasteiger partial charge in [0.05, 0.1) is 18.7 Å². The van der Waals surface area contributed by atoms with Crippen molar-refractivity contribution in [3.8, 4) is 11.5 Å². The number of halogens is 1. The van der Waals surface area contributed by atoms with Gasteiger partial charge in [-0.15, -0.1) is 0 Å². The van der Waals surface area contributed by atoms with Crippen LogP contribution < -0.4 is 9.47 Å². The molecule has 24 heavy (non-hydrogen) atoms. The number of carbonyl (C=O) groups excluding carboxylic acids is 1. The van der Waals surface area contributed by atoms with Crippen LogP contribution in [0.15, 0.2) is 46.9 Å². The summed E-state index contributed by atoms with van der Waals surface area (Å²) in [6, 6.07) is 13.7. The monoisotopic (exact) mass is 391 g/mol. The fourth-order valence-corrected chi connectivity index (χ4v) is 2.99. The topological polar surface area (TPSA) is 38.8 Å². The number of rotatable bonds is 7. The van der Waals surface area contributed by atoms with Crippen molar-refractivity contribution in [1.29, 1.82) is 0 Å². The minimum Gasteiger partial charge on any atom is -0.497 e. The molecule has 5 heteroatoms. The molecule has 0 N–H and O–H groups in total. The Morgan fingerprint density at radius 2 is 1.71 bits per heavy atom. The van der Waals surface area contributed by atoms with Crippen LogP contribution in [0, 0.1) is 0 Å². The summed E-state index contributed by atoms with van der Waals surface area (Å²) in [5, 5.41) is 0. The van der Waals surface area contributed by atoms with Crippen molar-refractivity contribution in [1.82, 2.24) is 4.90 Å². The minimum absolute atomic E-state index is 0.123. The first-order valence-electron chi connectivity index (χ1n) is 7.72. The highest BCUT2D eigenvalue weighted by molar-refractivity contribution is 9.10. The first kappa shape index (κ1) is 18.3. The van der Waals surface area contributed by atoms with E-state index in [0.29, 0.717) is 19.4 Å². The number of aryl methyl sites for hydroxylation is 1. The van der Waals surface area contributed by atoms with Crippen LogP contribution in [-0.4, -0.2) is 32.1 Å². The SMILES string of the molecule is COc1ccc(CN(C)C(=O)CCc2ccc(OC)c(Br)c2)cc1. The molecule has 0 heterocycles. The van der Waals surface area contributed by atoms with Gasteiger partial charge in [-0.1, -0.05) is 18.2 Å². The van der Waals surface area contributed by atoms with E-state index in [1.807, 2.05) is 49.5 Å². The summed E-state index contributed by atoms with van der Waals surface area (Å²) in [5.74, 6) is 1.73. The largest absolute Gasteiger partial charge is 0.497 e. The maximum atomic E-state index is 12.3. The summed E-state index contributed by atoms with van der Waals surface area (Å²) in [4.78, 5) is 14.1. The Balaban J connectivity index is 1.87. The van der Waals surface area contributed by atoms with Crippen LogP contribution >= 0.6 is 15.9 Å². The average Bonchev–Trinajstić information content (AvgIpc) is 2.60. The van der Waals surface area contributed by atoms with E-state index in [2.05, 4.69) is 15.9 Å². The van der Waals surface area contributed by atoms with Crippen molar-refractivity contribution in [2.45, 2.75) is 19.4 Å². The fraction of sp³-hybridized carbons (Fsp3) is 0.316. The molecule has 0 atom stereocenters. The second-order valence-corrected chi connectivity index (χ2v) is 6.42. The lowest BCUT2D eigenvalue weighted by molar-refractivity contribution is -0.130. The highest BCUT2D eigenvalue weighted by atomic mass is 79.9. The lowest BCUT2D eigenvalue weighted by Gasteiger charge is -2.17. The van der Waals surface area contributed by atoms with Crippen LogP contribution in [0.4, 0.5) is 0 Å². The van der Waals surface area contributed by atoms with Gasteiger partial charge in [0.25, 0.3) is 0 Å². The van der Waals surface area contributed by atoms with Crippen LogP contribution in [0.1, 0.15) is 17.5 Å². The smallest absolute Gasteiger partial charge is 0.222 e. The Kier molecular flexibility index (Phi) is 6.67. The van der Waals surface area contributed by atoms with E-state index in [1.165, 1.54) is 0 Å². The zero-order valence-corrected chi connectivity index (χ0v) is 15.8. The van der Waals surface area contributed by atoms with Gasteiger partial charge < -0.3 is 14.4 Å². The molecule has 0 radical (unpaired) electrons. The highest BCUT2D eigenvalue weighted by Crippen LogP contribution is 2.26. The molecule has 128 valence electrons. The molecule has 0 bridgehead atoms. The normalized spacial score (nSPS) is 10.3. The van der Waals surface area contributed by atoms with Crippen molar-refractivity contribution >= 4 is 21.8 Å². The highest BCUT2D eigenvalue weighted by Gasteiger charge is 2.10. The predicted octanol–water partition coefficient (Wildman–Crippen LogP) is 4.06. The molecular weight excluding hydrogens is 370 g/mol. The van der Waals surface area contributed by atoms with E-state index in [-0.39, 0.29) is 5.91 Å². The van der Waals surface area contributed by atoms with Crippen molar-refractivity contribution in [2.75, 3.05) is 21.3 Å². The Hall–Kier alpha value is -2.01. The number of amides is 1. The molecule has 2 aromatic rings. The predicted molar refractivity (Wildman–Crippen MR) is 98.5 cm³/mol. The van der Waals surface area contributed by atoms with Crippen molar-refractivity contribution < 1.29 is 14.3 Å². The van der Waals surface area contributed by atoms with Gasteiger partial charge >= 0.3 is 0 Å². The van der Waals surface area contributed by atoms with E-state index in [1.54, 1.807) is 19.1 Å². The van der Waals surface area contributed by atoms with Crippen molar-refractivity contribution in [3.05, 3.63) is 58.1 Å². The van der Waals surface area contributed by atoms with Gasteiger partial charge in [-0.25, -0.2) is 0 Å². The van der Waals surface area contributed by atoms with Crippen LogP contribution in [0.2, 0.25) is 0 Å². The zero-order chi connectivity index (χ0) is 17.5. The van der Waals surface area contributed by atoms with Gasteiger partial charge in [-0.05, 0) is 57.7 Å². The number of ether oxygens (including phenoxy) is 2. The Morgan fingerprint density at radius 3 is 2.29 bits per heavy atom. The average molecular weight is 392 g/mol. The third-order valence-electron chi connectivity index (χ3n) is 3.85. The number of hydrogen-bond acceptors (Lipinski definition) is 3. The summed E-state index contributed by atoms with van der Waals surface area (Å²) >= 11 is 3.47. The molecular formula is C19H22BrNO3. The standard InChI is InChI=1S/C19H22BrNO3/c1-21(13-15-4-8-16(23-2)9-5-15)19(22)11-7-14-6-10-18(24-3)17(20)12-14/h4-6,8-10,12H,7,11,13H2,1-3H3. The summed E-state index contributed by atoms with van der Waals surface area (Å²) in [5.41, 5.74) is 2.19. The van der Waals surface area contributed by atoms with E-state index in [0.717, 1.165) is 27.1 Å². The molecule has 2 rings (SSSR count). The first-order valence-corrected chi connectivity index (χ1v) is 8.52. The van der Waals surface area contributed by atoms with Crippen molar-refractivity contribution in [2.24, 2.45) is 0 Å². The molecule has 0 aliphatic heterocycles. The molecule has 1 amide bonds. The summed E-state index contributed by atoms with van der Waals surface area (Å²) in [7, 11) is 5.11. The summed E-state index contributed by atoms with van der Waals surface area (Å²) in [6.45, 7) is 0.592. The van der Waals surface area contributed by atoms with Crippen LogP contribution in [0.5, 0.6) is 11.5 Å². The lowest BCUT2D eigenvalue weighted by Crippen LogP contribution is -2.26. The van der Waals surface area contributed by atoms with Gasteiger partial charge in [0.1, 0.15) is 11.5 Å². The number of benzene rings is 2. The van der Waals surface area contributed by atoms with Gasteiger partial charge in [-0.2, -0.15) is 0 Å². The third-order valence-corrected chi connectivity index (χ3v) is 4.47. The van der Waals surface area contributed by atoms with Gasteiger partial charge in [-0.3, -0.25) is 4.79 Å². The second-order valence-electron chi connectivity index (χ2n) is 5.57. The number of methoxy groups -OCH3 is 2. The molecule has 0 unspecified atom stereocenters. The number of hydrogen-bond donors (Lipinski definition) is 0. The van der Waals surface area contributed by atoms with Crippen molar-refractivity contribution in [3.63, 3.8) is 0 Å². The van der Waals surface area contributed by atoms with Crippen LogP contribution in [0.25, 0.3) is 0 Å². The first-order chi connectivity index (χ1) is 11.5. The summed E-state index contributed by atoms with van der Waals surface area (Å²) in [6.07, 6.45) is 1.18. The molecule has 0 aliphatic rings.